The van der Waals surface area contributed by atoms with Crippen molar-refractivity contribution in [1.29, 1.82) is 0 Å². The number of anilines is 1. The molecule has 0 unspecified atom stereocenters. The highest BCUT2D eigenvalue weighted by atomic mass is 35.5. The molecule has 4 aromatic rings. The van der Waals surface area contributed by atoms with Gasteiger partial charge >= 0.3 is 5.97 Å². The van der Waals surface area contributed by atoms with Crippen molar-refractivity contribution < 1.29 is 14.6 Å². The number of aromatic nitrogens is 3. The smallest absolute Gasteiger partial charge is 0.306 e. The van der Waals surface area contributed by atoms with E-state index in [2.05, 4.69) is 51.3 Å². The van der Waals surface area contributed by atoms with Crippen LogP contribution in [0.25, 0.3) is 33.5 Å². The maximum atomic E-state index is 11.2. The Hall–Kier alpha value is -3.58. The zero-order valence-corrected chi connectivity index (χ0v) is 20.4. The lowest BCUT2D eigenvalue weighted by Gasteiger charge is -2.25. The summed E-state index contributed by atoms with van der Waals surface area (Å²) in [5.74, 6) is -1.01. The third-order valence-corrected chi connectivity index (χ3v) is 6.87. The van der Waals surface area contributed by atoms with Crippen LogP contribution in [0.5, 0.6) is 6.01 Å². The number of nitrogens with zero attached hydrogens (tertiary/aromatic N) is 3. The lowest BCUT2D eigenvalue weighted by atomic mass is 9.87. The third-order valence-electron chi connectivity index (χ3n) is 6.58. The number of imidazole rings is 1. The van der Waals surface area contributed by atoms with Gasteiger partial charge in [0.1, 0.15) is 11.6 Å². The van der Waals surface area contributed by atoms with Crippen LogP contribution in [0.1, 0.15) is 25.7 Å². The van der Waals surface area contributed by atoms with Gasteiger partial charge in [0.05, 0.1) is 16.6 Å². The van der Waals surface area contributed by atoms with E-state index in [1.165, 1.54) is 0 Å². The highest BCUT2D eigenvalue weighted by Crippen LogP contribution is 2.32. The predicted molar refractivity (Wildman–Crippen MR) is 138 cm³/mol. The average molecular weight is 491 g/mol. The lowest BCUT2D eigenvalue weighted by Crippen LogP contribution is -2.28. The van der Waals surface area contributed by atoms with Crippen molar-refractivity contribution in [3.8, 4) is 28.4 Å². The number of ether oxygens (including phenoxy) is 1. The van der Waals surface area contributed by atoms with Gasteiger partial charge in [0.15, 0.2) is 5.65 Å². The fourth-order valence-electron chi connectivity index (χ4n) is 4.51. The number of rotatable bonds is 6. The summed E-state index contributed by atoms with van der Waals surface area (Å²) in [6, 6.07) is 18.8. The summed E-state index contributed by atoms with van der Waals surface area (Å²) in [6.07, 6.45) is 2.56. The fourth-order valence-corrected chi connectivity index (χ4v) is 4.77. The quantitative estimate of drug-likeness (QED) is 0.342. The number of aromatic amines is 1. The highest BCUT2D eigenvalue weighted by Gasteiger charge is 2.27. The summed E-state index contributed by atoms with van der Waals surface area (Å²) < 4.78 is 6.00. The van der Waals surface area contributed by atoms with Crippen LogP contribution in [0, 0.1) is 5.92 Å². The first-order chi connectivity index (χ1) is 16.9. The predicted octanol–water partition coefficient (Wildman–Crippen LogP) is 6.03. The standard InChI is InChI=1S/C27H27ClN4O3/c1-32(2)20-11-7-17(8-12-20)16-3-5-18(6-4-16)24-22(28)15-23-25(30-24)31-27(29-23)35-21-13-9-19(10-14-21)26(33)34/h3-8,11-12,15,19,21H,9-10,13-14H2,1-2H3,(H,33,34)(H,29,30,31)/t19-,21-. The van der Waals surface area contributed by atoms with Crippen LogP contribution in [0.4, 0.5) is 5.69 Å². The Morgan fingerprint density at radius 2 is 1.57 bits per heavy atom. The minimum atomic E-state index is -0.728. The first-order valence-electron chi connectivity index (χ1n) is 11.7. The molecule has 1 fully saturated rings. The van der Waals surface area contributed by atoms with E-state index in [0.717, 1.165) is 22.4 Å². The summed E-state index contributed by atoms with van der Waals surface area (Å²) in [5, 5.41) is 9.69. The van der Waals surface area contributed by atoms with Crippen molar-refractivity contribution in [2.75, 3.05) is 19.0 Å². The van der Waals surface area contributed by atoms with Gasteiger partial charge in [0.2, 0.25) is 0 Å². The van der Waals surface area contributed by atoms with Gasteiger partial charge in [-0.05, 0) is 55.0 Å². The van der Waals surface area contributed by atoms with E-state index in [-0.39, 0.29) is 12.0 Å². The molecule has 1 aliphatic carbocycles. The Bertz CT molecular complexity index is 1340. The molecular formula is C27H27ClN4O3. The fraction of sp³-hybridized carbons (Fsp3) is 0.296. The maximum absolute atomic E-state index is 11.2. The number of nitrogens with one attached hydrogen (secondary N) is 1. The van der Waals surface area contributed by atoms with E-state index in [1.807, 2.05) is 26.2 Å². The number of benzene rings is 2. The minimum absolute atomic E-state index is 0.0551. The van der Waals surface area contributed by atoms with Crippen LogP contribution in [-0.4, -0.2) is 46.2 Å². The van der Waals surface area contributed by atoms with Crippen LogP contribution < -0.4 is 9.64 Å². The zero-order valence-electron chi connectivity index (χ0n) is 19.7. The van der Waals surface area contributed by atoms with E-state index in [0.29, 0.717) is 53.6 Å². The van der Waals surface area contributed by atoms with Crippen molar-refractivity contribution >= 4 is 34.4 Å². The summed E-state index contributed by atoms with van der Waals surface area (Å²) in [6.45, 7) is 0. The molecule has 180 valence electrons. The number of carboxylic acid groups (broad SMARTS) is 1. The van der Waals surface area contributed by atoms with Crippen molar-refractivity contribution in [1.82, 2.24) is 15.0 Å². The topological polar surface area (TPSA) is 91.3 Å². The van der Waals surface area contributed by atoms with Gasteiger partial charge in [-0.3, -0.25) is 9.78 Å². The summed E-state index contributed by atoms with van der Waals surface area (Å²) >= 11 is 6.57. The Balaban J connectivity index is 1.33. The molecule has 0 saturated heterocycles. The first-order valence-corrected chi connectivity index (χ1v) is 12.1. The van der Waals surface area contributed by atoms with Crippen LogP contribution in [0.15, 0.2) is 54.6 Å². The van der Waals surface area contributed by atoms with Gasteiger partial charge in [-0.2, -0.15) is 4.98 Å². The second-order valence-electron chi connectivity index (χ2n) is 9.18. The molecule has 0 spiro atoms. The number of hydrogen-bond donors (Lipinski definition) is 2. The molecule has 7 nitrogen and oxygen atoms in total. The number of fused-ring (bicyclic) bond motifs is 1. The van der Waals surface area contributed by atoms with Crippen LogP contribution in [-0.2, 0) is 4.79 Å². The molecule has 0 amide bonds. The average Bonchev–Trinajstić information content (AvgIpc) is 3.25. The van der Waals surface area contributed by atoms with Crippen LogP contribution in [0.3, 0.4) is 0 Å². The van der Waals surface area contributed by atoms with Crippen molar-refractivity contribution in [3.05, 3.63) is 59.6 Å². The molecule has 2 heterocycles. The second-order valence-corrected chi connectivity index (χ2v) is 9.58. The zero-order chi connectivity index (χ0) is 24.5. The molecule has 0 aliphatic heterocycles. The number of carboxylic acids is 1. The number of carbonyl (C=O) groups is 1. The Kier molecular flexibility index (Phi) is 6.34. The number of halogens is 1. The molecule has 35 heavy (non-hydrogen) atoms. The van der Waals surface area contributed by atoms with E-state index >= 15 is 0 Å². The van der Waals surface area contributed by atoms with Crippen LogP contribution in [0.2, 0.25) is 5.02 Å². The third kappa shape index (κ3) is 4.95. The summed E-state index contributed by atoms with van der Waals surface area (Å²) in [7, 11) is 4.05. The summed E-state index contributed by atoms with van der Waals surface area (Å²) in [4.78, 5) is 25.6. The molecule has 0 bridgehead atoms. The normalized spacial score (nSPS) is 17.9. The molecule has 0 atom stereocenters. The van der Waals surface area contributed by atoms with Crippen LogP contribution >= 0.6 is 11.6 Å². The van der Waals surface area contributed by atoms with Gasteiger partial charge in [0.25, 0.3) is 6.01 Å². The lowest BCUT2D eigenvalue weighted by molar-refractivity contribution is -0.143. The second kappa shape index (κ2) is 9.58. The van der Waals surface area contributed by atoms with Gasteiger partial charge in [-0.25, -0.2) is 4.98 Å². The Labute approximate surface area is 208 Å². The Morgan fingerprint density at radius 1 is 0.971 bits per heavy atom. The molecular weight excluding hydrogens is 464 g/mol. The molecule has 2 N–H and O–H groups in total. The largest absolute Gasteiger partial charge is 0.481 e. The minimum Gasteiger partial charge on any atom is -0.481 e. The highest BCUT2D eigenvalue weighted by molar-refractivity contribution is 6.33. The maximum Gasteiger partial charge on any atom is 0.306 e. The summed E-state index contributed by atoms with van der Waals surface area (Å²) in [5.41, 5.74) is 6.23. The number of hydrogen-bond acceptors (Lipinski definition) is 5. The molecule has 1 aliphatic rings. The monoisotopic (exact) mass is 490 g/mol. The Morgan fingerprint density at radius 3 is 2.17 bits per heavy atom. The van der Waals surface area contributed by atoms with Crippen molar-refractivity contribution in [3.63, 3.8) is 0 Å². The van der Waals surface area contributed by atoms with E-state index in [9.17, 15) is 9.90 Å². The molecule has 5 rings (SSSR count). The molecule has 8 heteroatoms. The van der Waals surface area contributed by atoms with Gasteiger partial charge in [0, 0.05) is 25.3 Å². The molecule has 2 aromatic carbocycles. The SMILES string of the molecule is CN(C)c1ccc(-c2ccc(-c3nc4[nH]c(O[C@H]5CC[C@H](C(=O)O)CC5)nc4cc3Cl)cc2)cc1. The number of pyridine rings is 1. The molecule has 2 aromatic heterocycles. The van der Waals surface area contributed by atoms with Gasteiger partial charge < -0.3 is 14.7 Å². The number of aliphatic carboxylic acids is 1. The van der Waals surface area contributed by atoms with Crippen molar-refractivity contribution in [2.45, 2.75) is 31.8 Å². The first kappa shape index (κ1) is 23.2. The molecule has 1 saturated carbocycles. The number of H-pyrrole nitrogens is 1. The van der Waals surface area contributed by atoms with Gasteiger partial charge in [-0.1, -0.05) is 48.0 Å². The molecule has 0 radical (unpaired) electrons. The van der Waals surface area contributed by atoms with E-state index < -0.39 is 5.97 Å². The van der Waals surface area contributed by atoms with E-state index in [1.54, 1.807) is 6.07 Å². The van der Waals surface area contributed by atoms with Gasteiger partial charge in [-0.15, -0.1) is 0 Å². The van der Waals surface area contributed by atoms with E-state index in [4.69, 9.17) is 21.3 Å². The van der Waals surface area contributed by atoms with Crippen molar-refractivity contribution in [2.24, 2.45) is 5.92 Å².